The molecule has 218 valence electrons. The number of piperidine rings is 1. The summed E-state index contributed by atoms with van der Waals surface area (Å²) in [5.74, 6) is 1.89. The molecule has 4 aromatic rings. The van der Waals surface area contributed by atoms with Gasteiger partial charge in [-0.2, -0.15) is 23.4 Å². The van der Waals surface area contributed by atoms with Crippen molar-refractivity contribution in [1.82, 2.24) is 29.9 Å². The SMILES string of the molecule is CO[C@H]1CCN(c2nc(-c3c(C)ccc4n[nH]c(C)c34)nc3c2CN(c2cc(C(F)(F)F)nn2C)CC3)CC1(C)C. The van der Waals surface area contributed by atoms with Crippen LogP contribution >= 0.6 is 0 Å². The third-order valence-corrected chi connectivity index (χ3v) is 8.56. The van der Waals surface area contributed by atoms with Crippen molar-refractivity contribution in [3.05, 3.63) is 46.4 Å². The molecule has 41 heavy (non-hydrogen) atoms. The van der Waals surface area contributed by atoms with Gasteiger partial charge >= 0.3 is 6.18 Å². The zero-order valence-corrected chi connectivity index (χ0v) is 24.2. The lowest BCUT2D eigenvalue weighted by molar-refractivity contribution is -0.141. The van der Waals surface area contributed by atoms with Crippen LogP contribution in [0.4, 0.5) is 24.8 Å². The van der Waals surface area contributed by atoms with E-state index in [-0.39, 0.29) is 11.5 Å². The fraction of sp³-hybridized carbons (Fsp3) is 0.517. The van der Waals surface area contributed by atoms with Gasteiger partial charge in [0, 0.05) is 80.4 Å². The second-order valence-electron chi connectivity index (χ2n) is 11.9. The summed E-state index contributed by atoms with van der Waals surface area (Å²) in [4.78, 5) is 14.6. The molecule has 1 fully saturated rings. The Bertz CT molecular complexity index is 1620. The molecule has 0 aliphatic carbocycles. The Morgan fingerprint density at radius 1 is 1.10 bits per heavy atom. The molecule has 1 saturated heterocycles. The van der Waals surface area contributed by atoms with Gasteiger partial charge in [-0.15, -0.1) is 0 Å². The number of hydrogen-bond donors (Lipinski definition) is 1. The number of nitrogens with zero attached hydrogens (tertiary/aromatic N) is 7. The molecule has 1 aromatic carbocycles. The largest absolute Gasteiger partial charge is 0.435 e. The Balaban J connectivity index is 1.48. The maximum atomic E-state index is 13.4. The highest BCUT2D eigenvalue weighted by Crippen LogP contribution is 2.40. The number of halogens is 3. The smallest absolute Gasteiger partial charge is 0.381 e. The van der Waals surface area contributed by atoms with Gasteiger partial charge in [0.2, 0.25) is 0 Å². The lowest BCUT2D eigenvalue weighted by Crippen LogP contribution is -2.50. The van der Waals surface area contributed by atoms with Crippen LogP contribution in [0.25, 0.3) is 22.3 Å². The van der Waals surface area contributed by atoms with E-state index in [1.165, 1.54) is 4.68 Å². The number of aryl methyl sites for hydroxylation is 3. The molecule has 1 atom stereocenters. The third-order valence-electron chi connectivity index (χ3n) is 8.56. The molecule has 0 spiro atoms. The van der Waals surface area contributed by atoms with Crippen molar-refractivity contribution >= 4 is 22.5 Å². The second-order valence-corrected chi connectivity index (χ2v) is 11.9. The molecule has 0 bridgehead atoms. The molecule has 5 heterocycles. The topological polar surface area (TPSA) is 88.0 Å². The van der Waals surface area contributed by atoms with Crippen LogP contribution in [-0.4, -0.2) is 62.8 Å². The van der Waals surface area contributed by atoms with E-state index in [2.05, 4.69) is 41.0 Å². The number of aromatic amines is 1. The Morgan fingerprint density at radius 2 is 1.88 bits per heavy atom. The third kappa shape index (κ3) is 4.71. The van der Waals surface area contributed by atoms with Gasteiger partial charge in [-0.3, -0.25) is 9.78 Å². The number of ether oxygens (including phenoxy) is 1. The monoisotopic (exact) mass is 568 g/mol. The number of benzene rings is 1. The number of alkyl halides is 3. The summed E-state index contributed by atoms with van der Waals surface area (Å²) >= 11 is 0. The predicted molar refractivity (Wildman–Crippen MR) is 151 cm³/mol. The average molecular weight is 569 g/mol. The van der Waals surface area contributed by atoms with E-state index in [9.17, 15) is 13.2 Å². The number of rotatable bonds is 4. The van der Waals surface area contributed by atoms with Gasteiger partial charge in [0.1, 0.15) is 11.6 Å². The molecular formula is C29H35F3N8O. The molecule has 9 nitrogen and oxygen atoms in total. The van der Waals surface area contributed by atoms with Crippen molar-refractivity contribution in [2.45, 2.75) is 59.4 Å². The number of H-pyrrole nitrogens is 1. The van der Waals surface area contributed by atoms with Crippen molar-refractivity contribution < 1.29 is 17.9 Å². The number of nitrogens with one attached hydrogen (secondary N) is 1. The van der Waals surface area contributed by atoms with Crippen LogP contribution < -0.4 is 9.80 Å². The molecule has 12 heteroatoms. The first-order valence-corrected chi connectivity index (χ1v) is 13.9. The molecule has 3 aromatic heterocycles. The van der Waals surface area contributed by atoms with Gasteiger partial charge in [-0.05, 0) is 31.9 Å². The second kappa shape index (κ2) is 9.71. The predicted octanol–water partition coefficient (Wildman–Crippen LogP) is 5.20. The van der Waals surface area contributed by atoms with Crippen LogP contribution in [0, 0.1) is 19.3 Å². The number of aromatic nitrogens is 6. The molecule has 2 aliphatic rings. The maximum Gasteiger partial charge on any atom is 0.435 e. The van der Waals surface area contributed by atoms with Crippen LogP contribution in [0.2, 0.25) is 0 Å². The van der Waals surface area contributed by atoms with Gasteiger partial charge in [0.25, 0.3) is 0 Å². The highest BCUT2D eigenvalue weighted by molar-refractivity contribution is 5.96. The lowest BCUT2D eigenvalue weighted by Gasteiger charge is -2.45. The van der Waals surface area contributed by atoms with Gasteiger partial charge in [0.05, 0.1) is 17.3 Å². The van der Waals surface area contributed by atoms with E-state index >= 15 is 0 Å². The zero-order chi connectivity index (χ0) is 29.3. The van der Waals surface area contributed by atoms with Crippen LogP contribution in [0.15, 0.2) is 18.2 Å². The van der Waals surface area contributed by atoms with Crippen LogP contribution in [0.5, 0.6) is 0 Å². The average Bonchev–Trinajstić information content (AvgIpc) is 3.50. The molecule has 2 aliphatic heterocycles. The summed E-state index contributed by atoms with van der Waals surface area (Å²) < 4.78 is 47.4. The fourth-order valence-corrected chi connectivity index (χ4v) is 6.47. The quantitative estimate of drug-likeness (QED) is 0.362. The fourth-order valence-electron chi connectivity index (χ4n) is 6.47. The summed E-state index contributed by atoms with van der Waals surface area (Å²) in [6, 6.07) is 5.16. The van der Waals surface area contributed by atoms with Gasteiger partial charge in [-0.25, -0.2) is 9.97 Å². The van der Waals surface area contributed by atoms with Crippen molar-refractivity contribution in [3.63, 3.8) is 0 Å². The summed E-state index contributed by atoms with van der Waals surface area (Å²) in [6.07, 6.45) is -2.98. The van der Waals surface area contributed by atoms with E-state index in [0.717, 1.165) is 70.4 Å². The molecule has 0 unspecified atom stereocenters. The van der Waals surface area contributed by atoms with Gasteiger partial charge < -0.3 is 14.5 Å². The summed E-state index contributed by atoms with van der Waals surface area (Å²) in [5.41, 5.74) is 4.65. The minimum absolute atomic E-state index is 0.118. The van der Waals surface area contributed by atoms with Crippen molar-refractivity contribution in [1.29, 1.82) is 0 Å². The van der Waals surface area contributed by atoms with Gasteiger partial charge in [-0.1, -0.05) is 19.9 Å². The zero-order valence-electron chi connectivity index (χ0n) is 24.2. The summed E-state index contributed by atoms with van der Waals surface area (Å²) in [6.45, 7) is 10.8. The van der Waals surface area contributed by atoms with Gasteiger partial charge in [0.15, 0.2) is 11.5 Å². The number of hydrogen-bond acceptors (Lipinski definition) is 7. The minimum atomic E-state index is -4.51. The standard InChI is InChI=1S/C29H35F3N8O/c1-16-7-8-20-25(17(2)35-36-20)24(16)26-33-19-9-11-39(23-13-21(29(30,31)32)37-38(23)5)14-18(19)27(34-26)40-12-10-22(41-6)28(3,4)15-40/h7-8,13,22H,9-12,14-15H2,1-6H3,(H,35,36)/t22-/m0/s1. The summed E-state index contributed by atoms with van der Waals surface area (Å²) in [7, 11) is 3.31. The van der Waals surface area contributed by atoms with E-state index in [1.807, 2.05) is 24.0 Å². The first kappa shape index (κ1) is 27.5. The van der Waals surface area contributed by atoms with E-state index in [1.54, 1.807) is 14.2 Å². The Hall–Kier alpha value is -3.67. The Morgan fingerprint density at radius 3 is 2.56 bits per heavy atom. The van der Waals surface area contributed by atoms with E-state index < -0.39 is 11.9 Å². The highest BCUT2D eigenvalue weighted by Gasteiger charge is 2.39. The molecule has 1 N–H and O–H groups in total. The summed E-state index contributed by atoms with van der Waals surface area (Å²) in [5, 5.41) is 12.3. The molecule has 0 radical (unpaired) electrons. The number of anilines is 2. The Labute approximate surface area is 236 Å². The van der Waals surface area contributed by atoms with Crippen LogP contribution in [0.1, 0.15) is 48.5 Å². The first-order valence-electron chi connectivity index (χ1n) is 13.9. The lowest BCUT2D eigenvalue weighted by atomic mass is 9.81. The van der Waals surface area contributed by atoms with E-state index in [0.29, 0.717) is 31.2 Å². The number of fused-ring (bicyclic) bond motifs is 2. The van der Waals surface area contributed by atoms with Crippen molar-refractivity contribution in [2.24, 2.45) is 12.5 Å². The maximum absolute atomic E-state index is 13.4. The van der Waals surface area contributed by atoms with Crippen LogP contribution in [0.3, 0.4) is 0 Å². The first-order chi connectivity index (χ1) is 19.4. The minimum Gasteiger partial charge on any atom is -0.381 e. The van der Waals surface area contributed by atoms with E-state index in [4.69, 9.17) is 14.7 Å². The molecule has 6 rings (SSSR count). The number of methoxy groups -OCH3 is 1. The van der Waals surface area contributed by atoms with Crippen molar-refractivity contribution in [3.8, 4) is 11.4 Å². The highest BCUT2D eigenvalue weighted by atomic mass is 19.4. The normalized spacial score (nSPS) is 19.2. The molecule has 0 amide bonds. The molecule has 0 saturated carbocycles. The molecular weight excluding hydrogens is 533 g/mol. The van der Waals surface area contributed by atoms with Crippen molar-refractivity contribution in [2.75, 3.05) is 36.5 Å². The Kier molecular flexibility index (Phi) is 6.51. The van der Waals surface area contributed by atoms with Crippen LogP contribution in [-0.2, 0) is 30.9 Å².